The highest BCUT2D eigenvalue weighted by atomic mass is 32.1. The molecular formula is C20H20N6OS. The summed E-state index contributed by atoms with van der Waals surface area (Å²) in [6.07, 6.45) is 0.524. The van der Waals surface area contributed by atoms with E-state index in [1.807, 2.05) is 54.6 Å². The van der Waals surface area contributed by atoms with Crippen LogP contribution in [0.15, 0.2) is 54.6 Å². The standard InChI is InChI=1S/C20H20N6OS/c1-14-22-23-24-26(14)17(12-15-8-4-3-5-9-15)20(27)25(2)13-19-21-16-10-6-7-11-18(16)28-19/h3-11,17H,12-13H2,1-2H3. The van der Waals surface area contributed by atoms with Crippen LogP contribution in [-0.4, -0.2) is 43.0 Å². The fourth-order valence-electron chi connectivity index (χ4n) is 3.16. The minimum atomic E-state index is -0.503. The molecule has 0 aliphatic heterocycles. The number of aromatic nitrogens is 5. The molecule has 1 unspecified atom stereocenters. The fraction of sp³-hybridized carbons (Fsp3) is 0.250. The van der Waals surface area contributed by atoms with Crippen LogP contribution in [0.4, 0.5) is 0 Å². The van der Waals surface area contributed by atoms with Gasteiger partial charge in [0.15, 0.2) is 0 Å². The SMILES string of the molecule is Cc1nnnn1C(Cc1ccccc1)C(=O)N(C)Cc1nc2ccccc2s1. The van der Waals surface area contributed by atoms with Crippen LogP contribution >= 0.6 is 11.3 Å². The molecule has 2 aromatic heterocycles. The summed E-state index contributed by atoms with van der Waals surface area (Å²) in [7, 11) is 1.80. The quantitative estimate of drug-likeness (QED) is 0.504. The van der Waals surface area contributed by atoms with Crippen LogP contribution in [0.5, 0.6) is 0 Å². The second kappa shape index (κ2) is 7.85. The Balaban J connectivity index is 1.58. The van der Waals surface area contributed by atoms with Crippen LogP contribution in [0.25, 0.3) is 10.2 Å². The maximum Gasteiger partial charge on any atom is 0.248 e. The average molecular weight is 392 g/mol. The van der Waals surface area contributed by atoms with Gasteiger partial charge in [0.05, 0.1) is 16.8 Å². The molecule has 0 bridgehead atoms. The van der Waals surface area contributed by atoms with Gasteiger partial charge in [-0.2, -0.15) is 0 Å². The molecule has 2 aromatic carbocycles. The van der Waals surface area contributed by atoms with E-state index in [2.05, 4.69) is 20.5 Å². The number of likely N-dealkylation sites (N-methyl/N-ethyl adjacent to an activating group) is 1. The van der Waals surface area contributed by atoms with Crippen LogP contribution in [0.1, 0.15) is 22.4 Å². The molecule has 1 atom stereocenters. The summed E-state index contributed by atoms with van der Waals surface area (Å²) < 4.78 is 2.72. The van der Waals surface area contributed by atoms with Crippen molar-refractivity contribution in [2.45, 2.75) is 25.9 Å². The number of nitrogens with zero attached hydrogens (tertiary/aromatic N) is 6. The first-order chi connectivity index (χ1) is 13.6. The number of aryl methyl sites for hydroxylation is 1. The Labute approximate surface area is 166 Å². The molecule has 2 heterocycles. The first kappa shape index (κ1) is 18.2. The van der Waals surface area contributed by atoms with Crippen molar-refractivity contribution >= 4 is 27.5 Å². The summed E-state index contributed by atoms with van der Waals surface area (Å²) in [5, 5.41) is 12.6. The minimum absolute atomic E-state index is 0.0430. The van der Waals surface area contributed by atoms with Crippen LogP contribution in [0.2, 0.25) is 0 Å². The third-order valence-corrected chi connectivity index (χ3v) is 5.62. The van der Waals surface area contributed by atoms with E-state index in [0.717, 1.165) is 20.8 Å². The number of thiazole rings is 1. The average Bonchev–Trinajstić information content (AvgIpc) is 3.31. The minimum Gasteiger partial charge on any atom is -0.337 e. The molecule has 7 nitrogen and oxygen atoms in total. The number of benzene rings is 2. The highest BCUT2D eigenvalue weighted by molar-refractivity contribution is 7.18. The molecule has 0 N–H and O–H groups in total. The van der Waals surface area contributed by atoms with Gasteiger partial charge in [-0.1, -0.05) is 42.5 Å². The normalized spacial score (nSPS) is 12.2. The summed E-state index contributed by atoms with van der Waals surface area (Å²) in [5.74, 6) is 0.571. The van der Waals surface area contributed by atoms with E-state index < -0.39 is 6.04 Å². The van der Waals surface area contributed by atoms with Gasteiger partial charge in [0, 0.05) is 13.5 Å². The van der Waals surface area contributed by atoms with Crippen molar-refractivity contribution in [2.75, 3.05) is 7.05 Å². The summed E-state index contributed by atoms with van der Waals surface area (Å²) in [6.45, 7) is 2.25. The molecule has 8 heteroatoms. The lowest BCUT2D eigenvalue weighted by molar-refractivity contribution is -0.134. The van der Waals surface area contributed by atoms with Gasteiger partial charge in [-0.05, 0) is 35.0 Å². The predicted molar refractivity (Wildman–Crippen MR) is 108 cm³/mol. The first-order valence-corrected chi connectivity index (χ1v) is 9.81. The number of rotatable bonds is 6. The van der Waals surface area contributed by atoms with Crippen molar-refractivity contribution in [1.82, 2.24) is 30.1 Å². The molecule has 0 saturated carbocycles. The molecule has 142 valence electrons. The number of carbonyl (C=O) groups is 1. The van der Waals surface area contributed by atoms with Crippen molar-refractivity contribution in [1.29, 1.82) is 0 Å². The Hall–Kier alpha value is -3.13. The lowest BCUT2D eigenvalue weighted by Crippen LogP contribution is -2.36. The number of hydrogen-bond donors (Lipinski definition) is 0. The molecule has 0 spiro atoms. The maximum atomic E-state index is 13.3. The third-order valence-electron chi connectivity index (χ3n) is 4.60. The lowest BCUT2D eigenvalue weighted by Gasteiger charge is -2.23. The highest BCUT2D eigenvalue weighted by Gasteiger charge is 2.27. The monoisotopic (exact) mass is 392 g/mol. The van der Waals surface area contributed by atoms with Gasteiger partial charge in [0.2, 0.25) is 5.91 Å². The van der Waals surface area contributed by atoms with Crippen molar-refractivity contribution in [2.24, 2.45) is 0 Å². The zero-order chi connectivity index (χ0) is 19.5. The maximum absolute atomic E-state index is 13.3. The van der Waals surface area contributed by atoms with Gasteiger partial charge in [-0.15, -0.1) is 16.4 Å². The Bertz CT molecular complexity index is 1060. The van der Waals surface area contributed by atoms with E-state index in [4.69, 9.17) is 0 Å². The highest BCUT2D eigenvalue weighted by Crippen LogP contribution is 2.24. The molecule has 0 aliphatic carbocycles. The summed E-state index contributed by atoms with van der Waals surface area (Å²) in [6, 6.07) is 17.4. The van der Waals surface area contributed by atoms with E-state index in [-0.39, 0.29) is 5.91 Å². The molecule has 0 aliphatic rings. The number of hydrogen-bond acceptors (Lipinski definition) is 6. The van der Waals surface area contributed by atoms with Crippen LogP contribution in [0.3, 0.4) is 0 Å². The van der Waals surface area contributed by atoms with Gasteiger partial charge in [-0.25, -0.2) is 9.67 Å². The number of amides is 1. The van der Waals surface area contributed by atoms with E-state index in [0.29, 0.717) is 18.8 Å². The van der Waals surface area contributed by atoms with E-state index in [1.54, 1.807) is 34.9 Å². The molecular weight excluding hydrogens is 372 g/mol. The van der Waals surface area contributed by atoms with Gasteiger partial charge in [0.1, 0.15) is 16.9 Å². The smallest absolute Gasteiger partial charge is 0.248 e. The predicted octanol–water partition coefficient (Wildman–Crippen LogP) is 3.03. The topological polar surface area (TPSA) is 76.8 Å². The molecule has 0 radical (unpaired) electrons. The van der Waals surface area contributed by atoms with Crippen LogP contribution < -0.4 is 0 Å². The van der Waals surface area contributed by atoms with Gasteiger partial charge >= 0.3 is 0 Å². The number of para-hydroxylation sites is 1. The zero-order valence-electron chi connectivity index (χ0n) is 15.7. The molecule has 28 heavy (non-hydrogen) atoms. The van der Waals surface area contributed by atoms with Crippen LogP contribution in [-0.2, 0) is 17.8 Å². The van der Waals surface area contributed by atoms with Gasteiger partial charge in [-0.3, -0.25) is 4.79 Å². The fourth-order valence-corrected chi connectivity index (χ4v) is 4.19. The molecule has 4 rings (SSSR count). The molecule has 0 saturated heterocycles. The first-order valence-electron chi connectivity index (χ1n) is 8.99. The number of fused-ring (bicyclic) bond motifs is 1. The zero-order valence-corrected chi connectivity index (χ0v) is 16.5. The number of tetrazole rings is 1. The second-order valence-corrected chi connectivity index (χ2v) is 7.76. The number of carbonyl (C=O) groups excluding carboxylic acids is 1. The second-order valence-electron chi connectivity index (χ2n) is 6.65. The summed E-state index contributed by atoms with van der Waals surface area (Å²) >= 11 is 1.61. The summed E-state index contributed by atoms with van der Waals surface area (Å²) in [5.41, 5.74) is 2.02. The Morgan fingerprint density at radius 2 is 1.89 bits per heavy atom. The third kappa shape index (κ3) is 3.77. The van der Waals surface area contributed by atoms with Crippen molar-refractivity contribution in [3.8, 4) is 0 Å². The summed E-state index contributed by atoms with van der Waals surface area (Å²) in [4.78, 5) is 19.6. The molecule has 0 fully saturated rings. The van der Waals surface area contributed by atoms with E-state index in [1.165, 1.54) is 0 Å². The van der Waals surface area contributed by atoms with E-state index >= 15 is 0 Å². The van der Waals surface area contributed by atoms with E-state index in [9.17, 15) is 4.79 Å². The van der Waals surface area contributed by atoms with Crippen molar-refractivity contribution in [3.05, 3.63) is 71.0 Å². The molecule has 1 amide bonds. The van der Waals surface area contributed by atoms with Crippen molar-refractivity contribution < 1.29 is 4.79 Å². The lowest BCUT2D eigenvalue weighted by atomic mass is 10.0. The Morgan fingerprint density at radius 1 is 1.14 bits per heavy atom. The van der Waals surface area contributed by atoms with Gasteiger partial charge in [0.25, 0.3) is 0 Å². The van der Waals surface area contributed by atoms with Gasteiger partial charge < -0.3 is 4.90 Å². The Morgan fingerprint density at radius 3 is 2.61 bits per heavy atom. The largest absolute Gasteiger partial charge is 0.337 e. The molecule has 4 aromatic rings. The Kier molecular flexibility index (Phi) is 5.12. The van der Waals surface area contributed by atoms with Crippen molar-refractivity contribution in [3.63, 3.8) is 0 Å². The van der Waals surface area contributed by atoms with Crippen LogP contribution in [0, 0.1) is 6.92 Å².